The molecule has 1 amide bonds. The van der Waals surface area contributed by atoms with E-state index in [1.807, 2.05) is 24.3 Å². The monoisotopic (exact) mass is 383 g/mol. The molecule has 3 N–H and O–H groups in total. The van der Waals surface area contributed by atoms with E-state index in [2.05, 4.69) is 67.9 Å². The van der Waals surface area contributed by atoms with E-state index in [9.17, 15) is 4.79 Å². The number of hydrogen-bond acceptors (Lipinski definition) is 2. The van der Waals surface area contributed by atoms with Crippen molar-refractivity contribution in [1.82, 2.24) is 10.6 Å². The van der Waals surface area contributed by atoms with E-state index < -0.39 is 0 Å². The van der Waals surface area contributed by atoms with Crippen LogP contribution in [0.2, 0.25) is 0 Å². The molecule has 0 heterocycles. The van der Waals surface area contributed by atoms with E-state index in [1.165, 1.54) is 18.1 Å². The third kappa shape index (κ3) is 6.68. The van der Waals surface area contributed by atoms with Crippen LogP contribution in [0.4, 0.5) is 5.69 Å². The molecule has 1 atom stereocenters. The maximum absolute atomic E-state index is 11.1. The highest BCUT2D eigenvalue weighted by Crippen LogP contribution is 2.22. The Balaban J connectivity index is 1.85. The summed E-state index contributed by atoms with van der Waals surface area (Å²) in [4.78, 5) is 11.1. The molecule has 2 aromatic carbocycles. The summed E-state index contributed by atoms with van der Waals surface area (Å²) in [6.45, 7) is 10.9. The Bertz CT molecular complexity index is 777. The lowest BCUT2D eigenvalue weighted by atomic mass is 9.87. The number of hydrogen-bond donors (Lipinski definition) is 3. The van der Waals surface area contributed by atoms with Gasteiger partial charge in [-0.05, 0) is 53.4 Å². The molecule has 0 saturated carbocycles. The second-order valence-corrected chi connectivity index (χ2v) is 8.21. The minimum Gasteiger partial charge on any atom is -0.359 e. The minimum absolute atomic E-state index is 0.0691. The van der Waals surface area contributed by atoms with Gasteiger partial charge in [0.2, 0.25) is 5.91 Å². The Morgan fingerprint density at radius 2 is 1.63 bits per heavy atom. The molecule has 0 bridgehead atoms. The van der Waals surface area contributed by atoms with Gasteiger partial charge in [-0.1, -0.05) is 57.2 Å². The van der Waals surface area contributed by atoms with Crippen LogP contribution in [-0.2, 0) is 16.8 Å². The SMILES string of the molecule is CC(=O)Nc1ccc([C@@H](C)NC(=S)NCc2ccc(C(C)(C)C)cc2)cc1. The van der Waals surface area contributed by atoms with E-state index >= 15 is 0 Å². The van der Waals surface area contributed by atoms with Crippen molar-refractivity contribution in [2.75, 3.05) is 5.32 Å². The lowest BCUT2D eigenvalue weighted by Crippen LogP contribution is -2.36. The normalized spacial score (nSPS) is 12.2. The smallest absolute Gasteiger partial charge is 0.221 e. The maximum atomic E-state index is 11.1. The molecule has 0 aliphatic heterocycles. The molecule has 0 saturated heterocycles. The van der Waals surface area contributed by atoms with Gasteiger partial charge in [0.05, 0.1) is 6.04 Å². The van der Waals surface area contributed by atoms with Crippen LogP contribution in [-0.4, -0.2) is 11.0 Å². The van der Waals surface area contributed by atoms with Crippen LogP contribution in [0.1, 0.15) is 57.4 Å². The highest BCUT2D eigenvalue weighted by molar-refractivity contribution is 7.80. The first-order valence-corrected chi connectivity index (χ1v) is 9.57. The largest absolute Gasteiger partial charge is 0.359 e. The van der Waals surface area contributed by atoms with Crippen LogP contribution < -0.4 is 16.0 Å². The fraction of sp³-hybridized carbons (Fsp3) is 0.364. The lowest BCUT2D eigenvalue weighted by molar-refractivity contribution is -0.114. The molecule has 0 aliphatic rings. The number of amides is 1. The van der Waals surface area contributed by atoms with Crippen molar-refractivity contribution < 1.29 is 4.79 Å². The number of anilines is 1. The van der Waals surface area contributed by atoms with Gasteiger partial charge >= 0.3 is 0 Å². The fourth-order valence-electron chi connectivity index (χ4n) is 2.69. The number of carbonyl (C=O) groups is 1. The molecule has 0 radical (unpaired) electrons. The highest BCUT2D eigenvalue weighted by Gasteiger charge is 2.13. The van der Waals surface area contributed by atoms with Crippen LogP contribution in [0.25, 0.3) is 0 Å². The van der Waals surface area contributed by atoms with E-state index in [1.54, 1.807) is 0 Å². The Morgan fingerprint density at radius 3 is 2.15 bits per heavy atom. The molecular weight excluding hydrogens is 354 g/mol. The van der Waals surface area contributed by atoms with E-state index in [-0.39, 0.29) is 17.4 Å². The molecule has 27 heavy (non-hydrogen) atoms. The van der Waals surface area contributed by atoms with Gasteiger partial charge in [0.25, 0.3) is 0 Å². The van der Waals surface area contributed by atoms with Gasteiger partial charge in [0.1, 0.15) is 0 Å². The third-order valence-electron chi connectivity index (χ3n) is 4.35. The van der Waals surface area contributed by atoms with Gasteiger partial charge in [-0.15, -0.1) is 0 Å². The lowest BCUT2D eigenvalue weighted by Gasteiger charge is -2.20. The van der Waals surface area contributed by atoms with Crippen LogP contribution in [0.3, 0.4) is 0 Å². The first kappa shape index (κ1) is 20.9. The van der Waals surface area contributed by atoms with Crippen molar-refractivity contribution in [2.24, 2.45) is 0 Å². The van der Waals surface area contributed by atoms with E-state index in [0.29, 0.717) is 11.7 Å². The van der Waals surface area contributed by atoms with Crippen LogP contribution in [0.15, 0.2) is 48.5 Å². The zero-order valence-corrected chi connectivity index (χ0v) is 17.5. The van der Waals surface area contributed by atoms with Gasteiger partial charge in [-0.3, -0.25) is 4.79 Å². The standard InChI is InChI=1S/C22H29N3OS/c1-15(18-8-12-20(13-9-18)25-16(2)26)24-21(27)23-14-17-6-10-19(11-7-17)22(3,4)5/h6-13,15H,14H2,1-5H3,(H,25,26)(H2,23,24,27)/t15-/m1/s1. The quantitative estimate of drug-likeness (QED) is 0.657. The van der Waals surface area contributed by atoms with Crippen LogP contribution >= 0.6 is 12.2 Å². The van der Waals surface area contributed by atoms with Gasteiger partial charge in [0, 0.05) is 19.2 Å². The molecule has 0 spiro atoms. The number of benzene rings is 2. The third-order valence-corrected chi connectivity index (χ3v) is 4.61. The highest BCUT2D eigenvalue weighted by atomic mass is 32.1. The van der Waals surface area contributed by atoms with Gasteiger partial charge in [-0.2, -0.15) is 0 Å². The second-order valence-electron chi connectivity index (χ2n) is 7.80. The van der Waals surface area contributed by atoms with Crippen molar-refractivity contribution in [3.8, 4) is 0 Å². The van der Waals surface area contributed by atoms with Gasteiger partial charge in [-0.25, -0.2) is 0 Å². The van der Waals surface area contributed by atoms with Crippen molar-refractivity contribution in [3.05, 3.63) is 65.2 Å². The predicted octanol–water partition coefficient (Wildman–Crippen LogP) is 4.67. The van der Waals surface area contributed by atoms with E-state index in [0.717, 1.165) is 11.3 Å². The fourth-order valence-corrected chi connectivity index (χ4v) is 2.94. The summed E-state index contributed by atoms with van der Waals surface area (Å²) >= 11 is 5.42. The van der Waals surface area contributed by atoms with Crippen LogP contribution in [0, 0.1) is 0 Å². The Hall–Kier alpha value is -2.40. The van der Waals surface area contributed by atoms with Crippen LogP contribution in [0.5, 0.6) is 0 Å². The molecule has 0 unspecified atom stereocenters. The molecule has 0 aromatic heterocycles. The number of carbonyl (C=O) groups excluding carboxylic acids is 1. The van der Waals surface area contributed by atoms with Gasteiger partial charge in [0.15, 0.2) is 5.11 Å². The number of thiocarbonyl (C=S) groups is 1. The minimum atomic E-state index is -0.0742. The van der Waals surface area contributed by atoms with Gasteiger partial charge < -0.3 is 16.0 Å². The van der Waals surface area contributed by atoms with Crippen molar-refractivity contribution >= 4 is 28.9 Å². The van der Waals surface area contributed by atoms with Crippen molar-refractivity contribution in [1.29, 1.82) is 0 Å². The summed E-state index contributed by atoms with van der Waals surface area (Å²) in [5.74, 6) is -0.0742. The summed E-state index contributed by atoms with van der Waals surface area (Å²) in [5.41, 5.74) is 4.57. The summed E-state index contributed by atoms with van der Waals surface area (Å²) in [5, 5.41) is 9.94. The molecule has 144 valence electrons. The first-order chi connectivity index (χ1) is 12.6. The van der Waals surface area contributed by atoms with E-state index in [4.69, 9.17) is 12.2 Å². The average Bonchev–Trinajstić information content (AvgIpc) is 2.59. The Kier molecular flexibility index (Phi) is 6.97. The molecule has 4 nitrogen and oxygen atoms in total. The summed E-state index contributed by atoms with van der Waals surface area (Å²) in [7, 11) is 0. The number of nitrogens with one attached hydrogen (secondary N) is 3. The summed E-state index contributed by atoms with van der Waals surface area (Å²) in [6, 6.07) is 16.4. The molecular formula is C22H29N3OS. The Morgan fingerprint density at radius 1 is 1.04 bits per heavy atom. The second kappa shape index (κ2) is 9.00. The zero-order chi connectivity index (χ0) is 20.0. The molecule has 2 rings (SSSR count). The number of rotatable bonds is 5. The topological polar surface area (TPSA) is 53.2 Å². The summed E-state index contributed by atoms with van der Waals surface area (Å²) < 4.78 is 0. The zero-order valence-electron chi connectivity index (χ0n) is 16.7. The summed E-state index contributed by atoms with van der Waals surface area (Å²) in [6.07, 6.45) is 0. The molecule has 0 fully saturated rings. The molecule has 2 aromatic rings. The first-order valence-electron chi connectivity index (χ1n) is 9.16. The molecule has 0 aliphatic carbocycles. The average molecular weight is 384 g/mol. The maximum Gasteiger partial charge on any atom is 0.221 e. The van der Waals surface area contributed by atoms with Crippen molar-refractivity contribution in [3.63, 3.8) is 0 Å². The Labute approximate surface area is 167 Å². The molecule has 5 heteroatoms. The van der Waals surface area contributed by atoms with Crippen molar-refractivity contribution in [2.45, 2.75) is 52.6 Å². The predicted molar refractivity (Wildman–Crippen MR) is 117 cm³/mol.